The summed E-state index contributed by atoms with van der Waals surface area (Å²) in [5.74, 6) is -0.477. The fourth-order valence-electron chi connectivity index (χ4n) is 2.50. The molecule has 102 valence electrons. The van der Waals surface area contributed by atoms with Crippen molar-refractivity contribution in [3.8, 4) is 0 Å². The molecular weight excluding hydrogens is 258 g/mol. The Morgan fingerprint density at radius 2 is 2.00 bits per heavy atom. The molecule has 0 saturated carbocycles. The third kappa shape index (κ3) is 2.99. The van der Waals surface area contributed by atoms with Gasteiger partial charge in [0.15, 0.2) is 0 Å². The van der Waals surface area contributed by atoms with Gasteiger partial charge in [-0.2, -0.15) is 0 Å². The van der Waals surface area contributed by atoms with Crippen LogP contribution in [-0.2, 0) is 0 Å². The van der Waals surface area contributed by atoms with E-state index in [9.17, 15) is 8.78 Å². The smallest absolute Gasteiger partial charge is 0.130 e. The average Bonchev–Trinajstić information content (AvgIpc) is 2.77. The van der Waals surface area contributed by atoms with Crippen LogP contribution >= 0.6 is 12.4 Å². The number of rotatable bonds is 3. The van der Waals surface area contributed by atoms with E-state index in [-0.39, 0.29) is 24.0 Å². The number of halogens is 3. The summed E-state index contributed by atoms with van der Waals surface area (Å²) in [5.41, 5.74) is 5.79. The van der Waals surface area contributed by atoms with Crippen molar-refractivity contribution in [2.45, 2.75) is 19.4 Å². The van der Waals surface area contributed by atoms with Crippen LogP contribution in [0.5, 0.6) is 0 Å². The summed E-state index contributed by atoms with van der Waals surface area (Å²) in [4.78, 5) is 2.10. The Morgan fingerprint density at radius 3 is 2.50 bits per heavy atom. The summed E-state index contributed by atoms with van der Waals surface area (Å²) < 4.78 is 27.3. The predicted octanol–water partition coefficient (Wildman–Crippen LogP) is 2.73. The van der Waals surface area contributed by atoms with E-state index in [0.29, 0.717) is 12.5 Å². The SMILES string of the molecule is CC(c1c(F)cccc1F)N1CCC(CN)C1.Cl. The zero-order valence-corrected chi connectivity index (χ0v) is 11.2. The number of nitrogens with two attached hydrogens (primary N) is 1. The summed E-state index contributed by atoms with van der Waals surface area (Å²) >= 11 is 0. The van der Waals surface area contributed by atoms with Gasteiger partial charge in [0.25, 0.3) is 0 Å². The highest BCUT2D eigenvalue weighted by molar-refractivity contribution is 5.85. The number of benzene rings is 1. The van der Waals surface area contributed by atoms with Crippen molar-refractivity contribution >= 4 is 12.4 Å². The molecule has 0 bridgehead atoms. The molecule has 1 aromatic rings. The van der Waals surface area contributed by atoms with Gasteiger partial charge in [0.2, 0.25) is 0 Å². The maximum absolute atomic E-state index is 13.6. The van der Waals surface area contributed by atoms with E-state index in [2.05, 4.69) is 4.90 Å². The molecule has 0 radical (unpaired) electrons. The Bertz CT molecular complexity index is 380. The van der Waals surface area contributed by atoms with Crippen molar-refractivity contribution in [2.24, 2.45) is 11.7 Å². The first-order valence-corrected chi connectivity index (χ1v) is 6.01. The van der Waals surface area contributed by atoms with Gasteiger partial charge in [0.05, 0.1) is 0 Å². The van der Waals surface area contributed by atoms with Gasteiger partial charge in [0.1, 0.15) is 11.6 Å². The Hall–Kier alpha value is -0.710. The second kappa shape index (κ2) is 6.45. The van der Waals surface area contributed by atoms with Gasteiger partial charge >= 0.3 is 0 Å². The third-order valence-electron chi connectivity index (χ3n) is 3.62. The number of nitrogens with zero attached hydrogens (tertiary/aromatic N) is 1. The van der Waals surface area contributed by atoms with Crippen LogP contribution < -0.4 is 5.73 Å². The van der Waals surface area contributed by atoms with E-state index < -0.39 is 11.6 Å². The fraction of sp³-hybridized carbons (Fsp3) is 0.538. The lowest BCUT2D eigenvalue weighted by atomic mass is 10.1. The minimum atomic E-state index is -0.464. The van der Waals surface area contributed by atoms with Crippen LogP contribution in [0.1, 0.15) is 24.9 Å². The van der Waals surface area contributed by atoms with Crippen LogP contribution in [0.15, 0.2) is 18.2 Å². The molecule has 0 aliphatic carbocycles. The lowest BCUT2D eigenvalue weighted by molar-refractivity contribution is 0.242. The molecular formula is C13H19ClF2N2. The normalized spacial score (nSPS) is 21.7. The number of hydrogen-bond acceptors (Lipinski definition) is 2. The molecule has 1 heterocycles. The van der Waals surface area contributed by atoms with E-state index in [1.807, 2.05) is 6.92 Å². The second-order valence-electron chi connectivity index (χ2n) is 4.70. The Labute approximate surface area is 113 Å². The Kier molecular flexibility index (Phi) is 5.50. The highest BCUT2D eigenvalue weighted by atomic mass is 35.5. The molecule has 1 aromatic carbocycles. The molecule has 2 unspecified atom stereocenters. The van der Waals surface area contributed by atoms with Crippen LogP contribution in [0.4, 0.5) is 8.78 Å². The highest BCUT2D eigenvalue weighted by Gasteiger charge is 2.28. The number of hydrogen-bond donors (Lipinski definition) is 1. The van der Waals surface area contributed by atoms with Gasteiger partial charge in [0, 0.05) is 18.2 Å². The quantitative estimate of drug-likeness (QED) is 0.920. The monoisotopic (exact) mass is 276 g/mol. The zero-order chi connectivity index (χ0) is 12.4. The second-order valence-corrected chi connectivity index (χ2v) is 4.70. The Balaban J connectivity index is 0.00000162. The van der Waals surface area contributed by atoms with Crippen molar-refractivity contribution in [3.63, 3.8) is 0 Å². The molecule has 2 N–H and O–H groups in total. The summed E-state index contributed by atoms with van der Waals surface area (Å²) in [5, 5.41) is 0. The van der Waals surface area contributed by atoms with Gasteiger partial charge in [-0.15, -0.1) is 12.4 Å². The van der Waals surface area contributed by atoms with E-state index in [0.717, 1.165) is 19.5 Å². The van der Waals surface area contributed by atoms with Crippen LogP contribution in [0.2, 0.25) is 0 Å². The third-order valence-corrected chi connectivity index (χ3v) is 3.62. The van der Waals surface area contributed by atoms with Crippen molar-refractivity contribution in [3.05, 3.63) is 35.4 Å². The van der Waals surface area contributed by atoms with Crippen molar-refractivity contribution < 1.29 is 8.78 Å². The average molecular weight is 277 g/mol. The summed E-state index contributed by atoms with van der Waals surface area (Å²) in [6, 6.07) is 3.79. The fourth-order valence-corrected chi connectivity index (χ4v) is 2.50. The van der Waals surface area contributed by atoms with Crippen LogP contribution in [0.3, 0.4) is 0 Å². The summed E-state index contributed by atoms with van der Waals surface area (Å²) in [7, 11) is 0. The molecule has 1 saturated heterocycles. The maximum atomic E-state index is 13.6. The first-order chi connectivity index (χ1) is 8.13. The molecule has 2 atom stereocenters. The van der Waals surface area contributed by atoms with E-state index in [4.69, 9.17) is 5.73 Å². The molecule has 5 heteroatoms. The van der Waals surface area contributed by atoms with Gasteiger partial charge < -0.3 is 5.73 Å². The lowest BCUT2D eigenvalue weighted by Crippen LogP contribution is -2.27. The highest BCUT2D eigenvalue weighted by Crippen LogP contribution is 2.29. The Morgan fingerprint density at radius 1 is 1.39 bits per heavy atom. The van der Waals surface area contributed by atoms with Gasteiger partial charge in [-0.1, -0.05) is 6.07 Å². The molecule has 1 aliphatic rings. The van der Waals surface area contributed by atoms with Crippen LogP contribution in [0.25, 0.3) is 0 Å². The molecule has 0 aromatic heterocycles. The van der Waals surface area contributed by atoms with Gasteiger partial charge in [-0.25, -0.2) is 8.78 Å². The maximum Gasteiger partial charge on any atom is 0.130 e. The van der Waals surface area contributed by atoms with Crippen molar-refractivity contribution in [2.75, 3.05) is 19.6 Å². The van der Waals surface area contributed by atoms with Crippen molar-refractivity contribution in [1.82, 2.24) is 4.90 Å². The molecule has 2 rings (SSSR count). The molecule has 2 nitrogen and oxygen atoms in total. The van der Waals surface area contributed by atoms with Gasteiger partial charge in [-0.05, 0) is 44.5 Å². The van der Waals surface area contributed by atoms with Gasteiger partial charge in [-0.3, -0.25) is 4.90 Å². The first kappa shape index (κ1) is 15.3. The summed E-state index contributed by atoms with van der Waals surface area (Å²) in [6.45, 7) is 4.17. The van der Waals surface area contributed by atoms with Crippen molar-refractivity contribution in [1.29, 1.82) is 0 Å². The molecule has 18 heavy (non-hydrogen) atoms. The largest absolute Gasteiger partial charge is 0.330 e. The molecule has 0 amide bonds. The van der Waals surface area contributed by atoms with Crippen LogP contribution in [0, 0.1) is 17.6 Å². The van der Waals surface area contributed by atoms with Crippen LogP contribution in [-0.4, -0.2) is 24.5 Å². The first-order valence-electron chi connectivity index (χ1n) is 6.01. The van der Waals surface area contributed by atoms with E-state index in [1.54, 1.807) is 0 Å². The standard InChI is InChI=1S/C13H18F2N2.ClH/c1-9(17-6-5-10(7-16)8-17)13-11(14)3-2-4-12(13)15;/h2-4,9-10H,5-8,16H2,1H3;1H. The van der Waals surface area contributed by atoms with E-state index >= 15 is 0 Å². The lowest BCUT2D eigenvalue weighted by Gasteiger charge is -2.25. The molecule has 1 aliphatic heterocycles. The molecule has 0 spiro atoms. The predicted molar refractivity (Wildman–Crippen MR) is 70.8 cm³/mol. The zero-order valence-electron chi connectivity index (χ0n) is 10.4. The molecule has 1 fully saturated rings. The van der Waals surface area contributed by atoms with E-state index in [1.165, 1.54) is 18.2 Å². The summed E-state index contributed by atoms with van der Waals surface area (Å²) in [6.07, 6.45) is 1.01. The minimum absolute atomic E-state index is 0. The number of likely N-dealkylation sites (tertiary alicyclic amines) is 1. The topological polar surface area (TPSA) is 29.3 Å². The minimum Gasteiger partial charge on any atom is -0.330 e.